The number of hydrogen-bond donors (Lipinski definition) is 0. The minimum Gasteiger partial charge on any atom is -0.313 e. The van der Waals surface area contributed by atoms with Gasteiger partial charge in [0, 0.05) is 18.8 Å². The molecular formula is C16H12F2N2O2. The van der Waals surface area contributed by atoms with E-state index in [0.29, 0.717) is 11.4 Å². The van der Waals surface area contributed by atoms with E-state index in [4.69, 9.17) is 0 Å². The minimum absolute atomic E-state index is 0.255. The van der Waals surface area contributed by atoms with Gasteiger partial charge in [0.15, 0.2) is 0 Å². The van der Waals surface area contributed by atoms with Crippen molar-refractivity contribution in [3.05, 3.63) is 54.1 Å². The molecule has 22 heavy (non-hydrogen) atoms. The van der Waals surface area contributed by atoms with Gasteiger partial charge >= 0.3 is 0 Å². The van der Waals surface area contributed by atoms with Crippen LogP contribution in [0.4, 0.5) is 25.8 Å². The number of benzene rings is 2. The molecule has 0 aliphatic carbocycles. The van der Waals surface area contributed by atoms with E-state index in [1.54, 1.807) is 0 Å². The maximum Gasteiger partial charge on any atom is 0.241 e. The molecule has 0 saturated carbocycles. The Balaban J connectivity index is 2.22. The zero-order valence-corrected chi connectivity index (χ0v) is 11.7. The average Bonchev–Trinajstić information content (AvgIpc) is 2.56. The van der Waals surface area contributed by atoms with Gasteiger partial charge < -0.3 is 4.90 Å². The van der Waals surface area contributed by atoms with Gasteiger partial charge in [-0.3, -0.25) is 14.5 Å². The second-order valence-electron chi connectivity index (χ2n) is 4.97. The molecule has 112 valence electrons. The predicted molar refractivity (Wildman–Crippen MR) is 78.0 cm³/mol. The molecule has 0 bridgehead atoms. The SMILES string of the molecule is CN1C(=O)CC(=O)N(c2ccc(F)cc2)c2cc(F)ccc21. The Morgan fingerprint density at radius 1 is 0.864 bits per heavy atom. The van der Waals surface area contributed by atoms with E-state index < -0.39 is 17.5 Å². The van der Waals surface area contributed by atoms with Crippen molar-refractivity contribution in [1.29, 1.82) is 0 Å². The monoisotopic (exact) mass is 302 g/mol. The summed E-state index contributed by atoms with van der Waals surface area (Å²) in [6.07, 6.45) is -0.343. The van der Waals surface area contributed by atoms with Crippen LogP contribution >= 0.6 is 0 Å². The number of rotatable bonds is 1. The molecule has 0 N–H and O–H groups in total. The predicted octanol–water partition coefficient (Wildman–Crippen LogP) is 3.00. The zero-order valence-electron chi connectivity index (χ0n) is 11.7. The summed E-state index contributed by atoms with van der Waals surface area (Å²) in [5, 5.41) is 0. The largest absolute Gasteiger partial charge is 0.313 e. The lowest BCUT2D eigenvalue weighted by Crippen LogP contribution is -2.28. The fraction of sp³-hybridized carbons (Fsp3) is 0.125. The fourth-order valence-corrected chi connectivity index (χ4v) is 2.43. The lowest BCUT2D eigenvalue weighted by Gasteiger charge is -2.24. The molecular weight excluding hydrogens is 290 g/mol. The average molecular weight is 302 g/mol. The maximum absolute atomic E-state index is 13.6. The second-order valence-corrected chi connectivity index (χ2v) is 4.97. The van der Waals surface area contributed by atoms with Gasteiger partial charge in [-0.15, -0.1) is 0 Å². The zero-order chi connectivity index (χ0) is 15.9. The molecule has 0 radical (unpaired) electrons. The molecule has 6 heteroatoms. The Hall–Kier alpha value is -2.76. The molecule has 1 aliphatic rings. The lowest BCUT2D eigenvalue weighted by atomic mass is 10.2. The van der Waals surface area contributed by atoms with Gasteiger partial charge in [-0.1, -0.05) is 0 Å². The molecule has 0 atom stereocenters. The molecule has 0 spiro atoms. The summed E-state index contributed by atoms with van der Waals surface area (Å²) in [5.41, 5.74) is 1.05. The van der Waals surface area contributed by atoms with Crippen molar-refractivity contribution >= 4 is 28.9 Å². The second kappa shape index (κ2) is 5.22. The highest BCUT2D eigenvalue weighted by Gasteiger charge is 2.31. The van der Waals surface area contributed by atoms with Gasteiger partial charge in [0.05, 0.1) is 11.4 Å². The molecule has 1 aliphatic heterocycles. The Labute approximate surface area is 125 Å². The van der Waals surface area contributed by atoms with Gasteiger partial charge in [0.1, 0.15) is 18.1 Å². The van der Waals surface area contributed by atoms with E-state index >= 15 is 0 Å². The van der Waals surface area contributed by atoms with Crippen LogP contribution in [-0.4, -0.2) is 18.9 Å². The normalized spacial score (nSPS) is 14.9. The Morgan fingerprint density at radius 3 is 2.18 bits per heavy atom. The molecule has 4 nitrogen and oxygen atoms in total. The van der Waals surface area contributed by atoms with Crippen LogP contribution in [0, 0.1) is 11.6 Å². The highest BCUT2D eigenvalue weighted by atomic mass is 19.1. The van der Waals surface area contributed by atoms with Gasteiger partial charge in [0.2, 0.25) is 11.8 Å². The van der Waals surface area contributed by atoms with Gasteiger partial charge in [-0.25, -0.2) is 8.78 Å². The van der Waals surface area contributed by atoms with Crippen molar-refractivity contribution in [2.45, 2.75) is 6.42 Å². The molecule has 3 rings (SSSR count). The number of anilines is 3. The first-order valence-corrected chi connectivity index (χ1v) is 6.62. The van der Waals surface area contributed by atoms with Crippen molar-refractivity contribution in [3.8, 4) is 0 Å². The van der Waals surface area contributed by atoms with E-state index in [-0.39, 0.29) is 18.0 Å². The number of nitrogens with zero attached hydrogens (tertiary/aromatic N) is 2. The molecule has 2 amide bonds. The van der Waals surface area contributed by atoms with Gasteiger partial charge in [-0.05, 0) is 36.4 Å². The highest BCUT2D eigenvalue weighted by Crippen LogP contribution is 2.37. The first-order chi connectivity index (χ1) is 10.5. The molecule has 0 aromatic heterocycles. The third kappa shape index (κ3) is 2.32. The highest BCUT2D eigenvalue weighted by molar-refractivity contribution is 6.17. The van der Waals surface area contributed by atoms with Crippen LogP contribution in [0.5, 0.6) is 0 Å². The van der Waals surface area contributed by atoms with Crippen LogP contribution in [-0.2, 0) is 9.59 Å². The number of fused-ring (bicyclic) bond motifs is 1. The molecule has 0 fully saturated rings. The molecule has 2 aromatic carbocycles. The van der Waals surface area contributed by atoms with Crippen LogP contribution in [0.25, 0.3) is 0 Å². The molecule has 1 heterocycles. The van der Waals surface area contributed by atoms with Crippen LogP contribution in [0.3, 0.4) is 0 Å². The summed E-state index contributed by atoms with van der Waals surface area (Å²) in [6, 6.07) is 9.09. The Morgan fingerprint density at radius 2 is 1.50 bits per heavy atom. The van der Waals surface area contributed by atoms with Gasteiger partial charge in [0.25, 0.3) is 0 Å². The molecule has 2 aromatic rings. The van der Waals surface area contributed by atoms with Crippen molar-refractivity contribution in [2.24, 2.45) is 0 Å². The minimum atomic E-state index is -0.526. The van der Waals surface area contributed by atoms with Crippen LogP contribution < -0.4 is 9.80 Å². The summed E-state index contributed by atoms with van der Waals surface area (Å²) in [7, 11) is 1.53. The number of carbonyl (C=O) groups is 2. The standard InChI is InChI=1S/C16H12F2N2O2/c1-19-13-7-4-11(18)8-14(13)20(16(22)9-15(19)21)12-5-2-10(17)3-6-12/h2-8H,9H2,1H3. The number of hydrogen-bond acceptors (Lipinski definition) is 2. The first-order valence-electron chi connectivity index (χ1n) is 6.62. The summed E-state index contributed by atoms with van der Waals surface area (Å²) in [4.78, 5) is 27.0. The third-order valence-corrected chi connectivity index (χ3v) is 3.55. The lowest BCUT2D eigenvalue weighted by molar-refractivity contribution is -0.125. The van der Waals surface area contributed by atoms with Crippen molar-refractivity contribution < 1.29 is 18.4 Å². The van der Waals surface area contributed by atoms with Crippen LogP contribution in [0.2, 0.25) is 0 Å². The van der Waals surface area contributed by atoms with E-state index in [1.165, 1.54) is 59.3 Å². The summed E-state index contributed by atoms with van der Waals surface area (Å²) >= 11 is 0. The van der Waals surface area contributed by atoms with E-state index in [0.717, 1.165) is 0 Å². The number of amides is 2. The maximum atomic E-state index is 13.6. The molecule has 0 unspecified atom stereocenters. The van der Waals surface area contributed by atoms with E-state index in [1.807, 2.05) is 0 Å². The first kappa shape index (κ1) is 14.2. The van der Waals surface area contributed by atoms with Gasteiger partial charge in [-0.2, -0.15) is 0 Å². The van der Waals surface area contributed by atoms with Crippen LogP contribution in [0.1, 0.15) is 6.42 Å². The van der Waals surface area contributed by atoms with E-state index in [2.05, 4.69) is 0 Å². The van der Waals surface area contributed by atoms with Crippen molar-refractivity contribution in [3.63, 3.8) is 0 Å². The van der Waals surface area contributed by atoms with Crippen molar-refractivity contribution in [1.82, 2.24) is 0 Å². The smallest absolute Gasteiger partial charge is 0.241 e. The summed E-state index contributed by atoms with van der Waals surface area (Å²) in [6.45, 7) is 0. The Kier molecular flexibility index (Phi) is 3.36. The topological polar surface area (TPSA) is 40.6 Å². The third-order valence-electron chi connectivity index (χ3n) is 3.55. The van der Waals surface area contributed by atoms with Crippen molar-refractivity contribution in [2.75, 3.05) is 16.8 Å². The van der Waals surface area contributed by atoms with Crippen LogP contribution in [0.15, 0.2) is 42.5 Å². The summed E-state index contributed by atoms with van der Waals surface area (Å²) < 4.78 is 26.7. The number of halogens is 2. The number of carbonyl (C=O) groups excluding carboxylic acids is 2. The summed E-state index contributed by atoms with van der Waals surface area (Å²) in [5.74, 6) is -1.85. The fourth-order valence-electron chi connectivity index (χ4n) is 2.43. The Bertz CT molecular complexity index is 759. The molecule has 0 saturated heterocycles. The van der Waals surface area contributed by atoms with E-state index in [9.17, 15) is 18.4 Å². The quantitative estimate of drug-likeness (QED) is 0.760.